The molecule has 5 nitrogen and oxygen atoms in total. The monoisotopic (exact) mass is 355 g/mol. The van der Waals surface area contributed by atoms with Crippen LogP contribution in [0.3, 0.4) is 0 Å². The third kappa shape index (κ3) is 4.89. The zero-order valence-electron chi connectivity index (χ0n) is 14.7. The Hall–Kier alpha value is -2.73. The maximum Gasteiger partial charge on any atom is 0.258 e. The van der Waals surface area contributed by atoms with Crippen LogP contribution in [0.25, 0.3) is 0 Å². The van der Waals surface area contributed by atoms with Gasteiger partial charge in [0.2, 0.25) is 5.96 Å². The molecular weight excluding hydrogens is 333 g/mol. The number of amides is 1. The second kappa shape index (κ2) is 8.58. The van der Waals surface area contributed by atoms with Crippen LogP contribution in [0, 0.1) is 12.7 Å². The van der Waals surface area contributed by atoms with Crippen molar-refractivity contribution < 1.29 is 13.9 Å². The highest BCUT2D eigenvalue weighted by Gasteiger charge is 2.16. The molecule has 0 radical (unpaired) electrons. The van der Waals surface area contributed by atoms with E-state index < -0.39 is 11.7 Å². The molecule has 0 bridgehead atoms. The van der Waals surface area contributed by atoms with E-state index >= 15 is 0 Å². The Morgan fingerprint density at radius 1 is 1.27 bits per heavy atom. The van der Waals surface area contributed by atoms with E-state index in [0.29, 0.717) is 12.5 Å². The molecule has 3 rings (SSSR count). The van der Waals surface area contributed by atoms with E-state index in [2.05, 4.69) is 15.6 Å². The summed E-state index contributed by atoms with van der Waals surface area (Å²) in [5.74, 6) is -0.553. The molecule has 2 aromatic rings. The molecular formula is C20H22FN3O2. The molecule has 2 N–H and O–H groups in total. The summed E-state index contributed by atoms with van der Waals surface area (Å²) in [7, 11) is 0. The van der Waals surface area contributed by atoms with Crippen LogP contribution in [-0.4, -0.2) is 31.1 Å². The third-order valence-electron chi connectivity index (χ3n) is 4.19. The number of halogens is 1. The lowest BCUT2D eigenvalue weighted by atomic mass is 10.2. The second-order valence-corrected chi connectivity index (χ2v) is 6.23. The molecule has 1 heterocycles. The van der Waals surface area contributed by atoms with Gasteiger partial charge in [0.25, 0.3) is 5.91 Å². The number of guanidine groups is 1. The highest BCUT2D eigenvalue weighted by molar-refractivity contribution is 6.10. The number of carbonyl (C=O) groups is 1. The van der Waals surface area contributed by atoms with Crippen molar-refractivity contribution in [2.24, 2.45) is 4.99 Å². The van der Waals surface area contributed by atoms with E-state index in [1.165, 1.54) is 18.2 Å². The Labute approximate surface area is 152 Å². The van der Waals surface area contributed by atoms with Crippen molar-refractivity contribution in [1.29, 1.82) is 0 Å². The Bertz CT molecular complexity index is 801. The first-order chi connectivity index (χ1) is 12.6. The fourth-order valence-corrected chi connectivity index (χ4v) is 2.74. The number of hydrogen-bond donors (Lipinski definition) is 2. The Morgan fingerprint density at radius 2 is 2.12 bits per heavy atom. The SMILES string of the molecule is Cc1ccccc1NC(=NCC1CCCO1)NC(=O)c1cccc(F)c1. The molecule has 1 aliphatic rings. The lowest BCUT2D eigenvalue weighted by molar-refractivity contribution is 0.0975. The molecule has 0 spiro atoms. The maximum absolute atomic E-state index is 13.4. The van der Waals surface area contributed by atoms with Crippen LogP contribution in [-0.2, 0) is 4.74 Å². The normalized spacial score (nSPS) is 17.2. The first-order valence-corrected chi connectivity index (χ1v) is 8.67. The zero-order valence-corrected chi connectivity index (χ0v) is 14.7. The minimum absolute atomic E-state index is 0.0646. The summed E-state index contributed by atoms with van der Waals surface area (Å²) in [5.41, 5.74) is 2.11. The summed E-state index contributed by atoms with van der Waals surface area (Å²) in [4.78, 5) is 16.9. The minimum Gasteiger partial charge on any atom is -0.376 e. The summed E-state index contributed by atoms with van der Waals surface area (Å²) in [6.45, 7) is 3.17. The number of carbonyl (C=O) groups excluding carboxylic acids is 1. The number of aryl methyl sites for hydroxylation is 1. The van der Waals surface area contributed by atoms with Gasteiger partial charge in [-0.2, -0.15) is 0 Å². The van der Waals surface area contributed by atoms with Gasteiger partial charge in [0.1, 0.15) is 5.82 Å². The van der Waals surface area contributed by atoms with E-state index in [4.69, 9.17) is 4.74 Å². The van der Waals surface area contributed by atoms with E-state index in [1.54, 1.807) is 6.07 Å². The molecule has 6 heteroatoms. The van der Waals surface area contributed by atoms with Crippen molar-refractivity contribution in [2.45, 2.75) is 25.9 Å². The molecule has 1 aliphatic heterocycles. The lowest BCUT2D eigenvalue weighted by Crippen LogP contribution is -2.37. The summed E-state index contributed by atoms with van der Waals surface area (Å²) in [6.07, 6.45) is 2.05. The van der Waals surface area contributed by atoms with Gasteiger partial charge in [0, 0.05) is 17.9 Å². The number of hydrogen-bond acceptors (Lipinski definition) is 3. The number of rotatable bonds is 4. The molecule has 0 saturated carbocycles. The minimum atomic E-state index is -0.456. The molecule has 2 aromatic carbocycles. The van der Waals surface area contributed by atoms with Gasteiger partial charge in [-0.3, -0.25) is 10.1 Å². The fraction of sp³-hybridized carbons (Fsp3) is 0.300. The Morgan fingerprint density at radius 3 is 2.85 bits per heavy atom. The number of ether oxygens (including phenoxy) is 1. The Kier molecular flexibility index (Phi) is 5.96. The first-order valence-electron chi connectivity index (χ1n) is 8.67. The van der Waals surface area contributed by atoms with Crippen LogP contribution in [0.5, 0.6) is 0 Å². The molecule has 1 atom stereocenters. The lowest BCUT2D eigenvalue weighted by Gasteiger charge is -2.14. The van der Waals surface area contributed by atoms with Gasteiger partial charge in [-0.15, -0.1) is 0 Å². The standard InChI is InChI=1S/C20H22FN3O2/c1-14-6-2-3-10-18(14)23-20(22-13-17-9-5-11-26-17)24-19(25)15-7-4-8-16(21)12-15/h2-4,6-8,10,12,17H,5,9,11,13H2,1H3,(H2,22,23,24,25). The van der Waals surface area contributed by atoms with Crippen LogP contribution >= 0.6 is 0 Å². The van der Waals surface area contributed by atoms with Crippen LogP contribution in [0.15, 0.2) is 53.5 Å². The predicted octanol–water partition coefficient (Wildman–Crippen LogP) is 3.51. The van der Waals surface area contributed by atoms with Crippen molar-refractivity contribution in [3.05, 3.63) is 65.5 Å². The first kappa shape index (κ1) is 18.1. The summed E-state index contributed by atoms with van der Waals surface area (Å²) in [5, 5.41) is 5.89. The van der Waals surface area contributed by atoms with Gasteiger partial charge >= 0.3 is 0 Å². The van der Waals surface area contributed by atoms with Crippen LogP contribution in [0.2, 0.25) is 0 Å². The van der Waals surface area contributed by atoms with Gasteiger partial charge in [0.15, 0.2) is 0 Å². The van der Waals surface area contributed by atoms with Crippen LogP contribution < -0.4 is 10.6 Å². The number of nitrogens with zero attached hydrogens (tertiary/aromatic N) is 1. The summed E-state index contributed by atoms with van der Waals surface area (Å²) >= 11 is 0. The molecule has 26 heavy (non-hydrogen) atoms. The van der Waals surface area contributed by atoms with Gasteiger partial charge in [-0.25, -0.2) is 9.38 Å². The zero-order chi connectivity index (χ0) is 18.4. The van der Waals surface area contributed by atoms with E-state index in [0.717, 1.165) is 30.7 Å². The third-order valence-corrected chi connectivity index (χ3v) is 4.19. The molecule has 1 saturated heterocycles. The van der Waals surface area contributed by atoms with Crippen molar-refractivity contribution in [1.82, 2.24) is 5.32 Å². The summed E-state index contributed by atoms with van der Waals surface area (Å²) < 4.78 is 19.0. The average Bonchev–Trinajstić information content (AvgIpc) is 3.15. The van der Waals surface area contributed by atoms with Gasteiger partial charge in [0.05, 0.1) is 12.6 Å². The van der Waals surface area contributed by atoms with E-state index in [9.17, 15) is 9.18 Å². The predicted molar refractivity (Wildman–Crippen MR) is 99.9 cm³/mol. The maximum atomic E-state index is 13.4. The highest BCUT2D eigenvalue weighted by Crippen LogP contribution is 2.14. The van der Waals surface area contributed by atoms with E-state index in [1.807, 2.05) is 31.2 Å². The molecule has 136 valence electrons. The largest absolute Gasteiger partial charge is 0.376 e. The summed E-state index contributed by atoms with van der Waals surface area (Å²) in [6, 6.07) is 13.3. The fourth-order valence-electron chi connectivity index (χ4n) is 2.74. The van der Waals surface area contributed by atoms with Crippen LogP contribution in [0.4, 0.5) is 10.1 Å². The van der Waals surface area contributed by atoms with Gasteiger partial charge in [-0.05, 0) is 49.6 Å². The van der Waals surface area contributed by atoms with E-state index in [-0.39, 0.29) is 11.7 Å². The van der Waals surface area contributed by atoms with Gasteiger partial charge < -0.3 is 10.1 Å². The number of anilines is 1. The average molecular weight is 355 g/mol. The van der Waals surface area contributed by atoms with Crippen LogP contribution in [0.1, 0.15) is 28.8 Å². The second-order valence-electron chi connectivity index (χ2n) is 6.23. The molecule has 0 aliphatic carbocycles. The van der Waals surface area contributed by atoms with Gasteiger partial charge in [-0.1, -0.05) is 24.3 Å². The van der Waals surface area contributed by atoms with Crippen molar-refractivity contribution in [3.63, 3.8) is 0 Å². The molecule has 1 fully saturated rings. The number of benzene rings is 2. The Balaban J connectivity index is 1.76. The topological polar surface area (TPSA) is 62.7 Å². The smallest absolute Gasteiger partial charge is 0.258 e. The molecule has 1 unspecified atom stereocenters. The quantitative estimate of drug-likeness (QED) is 0.652. The number of aliphatic imine (C=N–C) groups is 1. The molecule has 1 amide bonds. The molecule has 0 aromatic heterocycles. The number of nitrogens with one attached hydrogen (secondary N) is 2. The van der Waals surface area contributed by atoms with Crippen molar-refractivity contribution in [2.75, 3.05) is 18.5 Å². The highest BCUT2D eigenvalue weighted by atomic mass is 19.1. The number of para-hydroxylation sites is 1. The van der Waals surface area contributed by atoms with Crippen molar-refractivity contribution in [3.8, 4) is 0 Å². The van der Waals surface area contributed by atoms with Crippen molar-refractivity contribution >= 4 is 17.6 Å².